The van der Waals surface area contributed by atoms with Crippen LogP contribution in [0, 0.1) is 0 Å². The number of nitrogens with one attached hydrogen (secondary N) is 1. The number of rotatable bonds is 3. The van der Waals surface area contributed by atoms with Gasteiger partial charge in [0, 0.05) is 6.20 Å². The second kappa shape index (κ2) is 5.25. The minimum Gasteiger partial charge on any atom is -0.495 e. The number of anilines is 2. The van der Waals surface area contributed by atoms with E-state index in [1.807, 2.05) is 24.3 Å². The van der Waals surface area contributed by atoms with Crippen molar-refractivity contribution < 1.29 is 4.74 Å². The van der Waals surface area contributed by atoms with Crippen molar-refractivity contribution in [3.8, 4) is 5.75 Å². The van der Waals surface area contributed by atoms with Crippen LogP contribution in [0.2, 0.25) is 10.0 Å². The van der Waals surface area contributed by atoms with Crippen molar-refractivity contribution in [1.29, 1.82) is 0 Å². The number of halogens is 2. The van der Waals surface area contributed by atoms with Gasteiger partial charge in [0.25, 0.3) is 0 Å². The number of ether oxygens (including phenoxy) is 1. The predicted molar refractivity (Wildman–Crippen MR) is 70.5 cm³/mol. The van der Waals surface area contributed by atoms with Crippen LogP contribution in [0.4, 0.5) is 11.5 Å². The molecule has 0 aliphatic rings. The topological polar surface area (TPSA) is 34.1 Å². The van der Waals surface area contributed by atoms with Gasteiger partial charge in [-0.1, -0.05) is 35.3 Å². The summed E-state index contributed by atoms with van der Waals surface area (Å²) in [6.07, 6.45) is 1.53. The van der Waals surface area contributed by atoms with Gasteiger partial charge in [0.15, 0.2) is 0 Å². The van der Waals surface area contributed by atoms with Gasteiger partial charge in [-0.15, -0.1) is 0 Å². The standard InChI is InChI=1S/C12H10Cl2N2O/c1-17-11-5-3-2-4-10(11)16-12-9(14)6-8(13)7-15-12/h2-7H,1H3,(H,15,16). The Morgan fingerprint density at radius 2 is 2.00 bits per heavy atom. The number of nitrogens with zero attached hydrogens (tertiary/aromatic N) is 1. The lowest BCUT2D eigenvalue weighted by Crippen LogP contribution is -1.97. The molecule has 1 aromatic carbocycles. The third kappa shape index (κ3) is 2.81. The molecule has 0 fully saturated rings. The van der Waals surface area contributed by atoms with Crippen molar-refractivity contribution >= 4 is 34.7 Å². The number of hydrogen-bond acceptors (Lipinski definition) is 3. The maximum Gasteiger partial charge on any atom is 0.149 e. The number of methoxy groups -OCH3 is 1. The zero-order valence-corrected chi connectivity index (χ0v) is 10.6. The average molecular weight is 269 g/mol. The van der Waals surface area contributed by atoms with E-state index >= 15 is 0 Å². The summed E-state index contributed by atoms with van der Waals surface area (Å²) in [6, 6.07) is 9.15. The first-order valence-electron chi connectivity index (χ1n) is 4.92. The van der Waals surface area contributed by atoms with Gasteiger partial charge in [-0.05, 0) is 18.2 Å². The van der Waals surface area contributed by atoms with E-state index in [1.54, 1.807) is 13.2 Å². The number of aromatic nitrogens is 1. The van der Waals surface area contributed by atoms with Crippen molar-refractivity contribution in [1.82, 2.24) is 4.98 Å². The Hall–Kier alpha value is -1.45. The summed E-state index contributed by atoms with van der Waals surface area (Å²) in [5, 5.41) is 4.05. The molecule has 2 rings (SSSR count). The van der Waals surface area contributed by atoms with Crippen molar-refractivity contribution in [2.24, 2.45) is 0 Å². The molecule has 3 nitrogen and oxygen atoms in total. The monoisotopic (exact) mass is 268 g/mol. The SMILES string of the molecule is COc1ccccc1Nc1ncc(Cl)cc1Cl. The van der Waals surface area contributed by atoms with Crippen LogP contribution in [-0.2, 0) is 0 Å². The Balaban J connectivity index is 2.31. The largest absolute Gasteiger partial charge is 0.495 e. The fourth-order valence-corrected chi connectivity index (χ4v) is 1.81. The minimum atomic E-state index is 0.461. The summed E-state index contributed by atoms with van der Waals surface area (Å²) in [4.78, 5) is 4.12. The van der Waals surface area contributed by atoms with Crippen LogP contribution in [-0.4, -0.2) is 12.1 Å². The highest BCUT2D eigenvalue weighted by atomic mass is 35.5. The van der Waals surface area contributed by atoms with Gasteiger partial charge >= 0.3 is 0 Å². The van der Waals surface area contributed by atoms with E-state index in [1.165, 1.54) is 6.20 Å². The minimum absolute atomic E-state index is 0.461. The third-order valence-corrected chi connectivity index (χ3v) is 2.66. The Bertz CT molecular complexity index is 532. The molecule has 0 bridgehead atoms. The maximum atomic E-state index is 6.02. The first-order chi connectivity index (χ1) is 8.20. The molecular weight excluding hydrogens is 259 g/mol. The summed E-state index contributed by atoms with van der Waals surface area (Å²) in [6.45, 7) is 0. The Morgan fingerprint density at radius 1 is 1.24 bits per heavy atom. The normalized spacial score (nSPS) is 10.1. The van der Waals surface area contributed by atoms with Crippen LogP contribution in [0.5, 0.6) is 5.75 Å². The molecule has 0 unspecified atom stereocenters. The van der Waals surface area contributed by atoms with Gasteiger partial charge in [0.1, 0.15) is 11.6 Å². The smallest absolute Gasteiger partial charge is 0.149 e. The zero-order valence-electron chi connectivity index (χ0n) is 9.08. The molecule has 2 aromatic rings. The quantitative estimate of drug-likeness (QED) is 0.909. The van der Waals surface area contributed by atoms with E-state index in [4.69, 9.17) is 27.9 Å². The molecule has 0 atom stereocenters. The molecule has 0 aliphatic heterocycles. The number of para-hydroxylation sites is 2. The highest BCUT2D eigenvalue weighted by Gasteiger charge is 2.06. The van der Waals surface area contributed by atoms with E-state index in [-0.39, 0.29) is 0 Å². The van der Waals surface area contributed by atoms with Gasteiger partial charge in [0.2, 0.25) is 0 Å². The summed E-state index contributed by atoms with van der Waals surface area (Å²) in [5.74, 6) is 1.26. The second-order valence-electron chi connectivity index (χ2n) is 3.31. The number of hydrogen-bond donors (Lipinski definition) is 1. The lowest BCUT2D eigenvalue weighted by Gasteiger charge is -2.11. The second-order valence-corrected chi connectivity index (χ2v) is 4.15. The summed E-state index contributed by atoms with van der Waals surface area (Å²) < 4.78 is 5.22. The van der Waals surface area contributed by atoms with Crippen molar-refractivity contribution in [3.05, 3.63) is 46.6 Å². The number of pyridine rings is 1. The molecule has 0 spiro atoms. The van der Waals surface area contributed by atoms with E-state index in [2.05, 4.69) is 10.3 Å². The lowest BCUT2D eigenvalue weighted by molar-refractivity contribution is 0.417. The van der Waals surface area contributed by atoms with E-state index in [0.717, 1.165) is 11.4 Å². The van der Waals surface area contributed by atoms with E-state index in [9.17, 15) is 0 Å². The fourth-order valence-electron chi connectivity index (χ4n) is 1.38. The molecular formula is C12H10Cl2N2O. The van der Waals surface area contributed by atoms with Crippen molar-refractivity contribution in [2.75, 3.05) is 12.4 Å². The molecule has 5 heteroatoms. The molecule has 0 saturated carbocycles. The molecule has 88 valence electrons. The zero-order chi connectivity index (χ0) is 12.3. The Kier molecular flexibility index (Phi) is 3.71. The van der Waals surface area contributed by atoms with Gasteiger partial charge in [-0.25, -0.2) is 4.98 Å². The molecule has 1 heterocycles. The lowest BCUT2D eigenvalue weighted by atomic mass is 10.3. The Labute approximate surface area is 109 Å². The van der Waals surface area contributed by atoms with E-state index < -0.39 is 0 Å². The summed E-state index contributed by atoms with van der Waals surface area (Å²) in [5.41, 5.74) is 0.798. The number of benzene rings is 1. The average Bonchev–Trinajstić information content (AvgIpc) is 2.33. The van der Waals surface area contributed by atoms with Gasteiger partial charge < -0.3 is 10.1 Å². The van der Waals surface area contributed by atoms with Crippen LogP contribution in [0.3, 0.4) is 0 Å². The van der Waals surface area contributed by atoms with Crippen LogP contribution in [0.1, 0.15) is 0 Å². The molecule has 17 heavy (non-hydrogen) atoms. The van der Waals surface area contributed by atoms with Gasteiger partial charge in [-0.2, -0.15) is 0 Å². The predicted octanol–water partition coefficient (Wildman–Crippen LogP) is 4.14. The van der Waals surface area contributed by atoms with Crippen LogP contribution in [0.25, 0.3) is 0 Å². The molecule has 1 aromatic heterocycles. The maximum absolute atomic E-state index is 6.02. The molecule has 0 amide bonds. The summed E-state index contributed by atoms with van der Waals surface area (Å²) in [7, 11) is 1.61. The van der Waals surface area contributed by atoms with Crippen LogP contribution >= 0.6 is 23.2 Å². The highest BCUT2D eigenvalue weighted by Crippen LogP contribution is 2.30. The van der Waals surface area contributed by atoms with Crippen molar-refractivity contribution in [2.45, 2.75) is 0 Å². The Morgan fingerprint density at radius 3 is 2.71 bits per heavy atom. The molecule has 0 saturated heterocycles. The molecule has 0 aliphatic carbocycles. The first-order valence-corrected chi connectivity index (χ1v) is 5.67. The summed E-state index contributed by atoms with van der Waals surface area (Å²) >= 11 is 11.8. The van der Waals surface area contributed by atoms with Crippen molar-refractivity contribution in [3.63, 3.8) is 0 Å². The fraction of sp³-hybridized carbons (Fsp3) is 0.0833. The molecule has 0 radical (unpaired) electrons. The van der Waals surface area contributed by atoms with Crippen LogP contribution in [0.15, 0.2) is 36.5 Å². The van der Waals surface area contributed by atoms with E-state index in [0.29, 0.717) is 15.9 Å². The highest BCUT2D eigenvalue weighted by molar-refractivity contribution is 6.36. The van der Waals surface area contributed by atoms with Gasteiger partial charge in [-0.3, -0.25) is 0 Å². The first kappa shape index (κ1) is 12.0. The van der Waals surface area contributed by atoms with Gasteiger partial charge in [0.05, 0.1) is 22.8 Å². The van der Waals surface area contributed by atoms with Crippen LogP contribution < -0.4 is 10.1 Å². The molecule has 1 N–H and O–H groups in total. The third-order valence-electron chi connectivity index (χ3n) is 2.17.